The molecule has 0 saturated carbocycles. The first-order valence-corrected chi connectivity index (χ1v) is 11.6. The molecule has 0 atom stereocenters. The number of anilines is 2. The Kier molecular flexibility index (Phi) is 5.10. The maximum atomic E-state index is 13.1. The summed E-state index contributed by atoms with van der Waals surface area (Å²) in [6.07, 6.45) is 0. The Labute approximate surface area is 215 Å². The third-order valence-corrected chi connectivity index (χ3v) is 6.75. The molecule has 0 aliphatic carbocycles. The lowest BCUT2D eigenvalue weighted by molar-refractivity contribution is 0.0910. The van der Waals surface area contributed by atoms with Crippen LogP contribution in [0.4, 0.5) is 11.4 Å². The maximum absolute atomic E-state index is 13.1. The van der Waals surface area contributed by atoms with Crippen molar-refractivity contribution in [3.05, 3.63) is 129 Å². The molecule has 2 aliphatic heterocycles. The number of halogens is 1. The lowest BCUT2D eigenvalue weighted by Gasteiger charge is -2.15. The molecule has 0 aromatic heterocycles. The van der Waals surface area contributed by atoms with Crippen LogP contribution in [0.25, 0.3) is 0 Å². The molecule has 178 valence electrons. The molecule has 0 radical (unpaired) electrons. The number of hydrogen-bond acceptors (Lipinski definition) is 5. The zero-order valence-electron chi connectivity index (χ0n) is 19.0. The second-order valence-electron chi connectivity index (χ2n) is 8.52. The van der Waals surface area contributed by atoms with Crippen LogP contribution in [0.3, 0.4) is 0 Å². The molecule has 0 fully saturated rings. The van der Waals surface area contributed by atoms with E-state index in [0.717, 1.165) is 9.80 Å². The summed E-state index contributed by atoms with van der Waals surface area (Å²) >= 11 is 6.12. The first-order chi connectivity index (χ1) is 17.9. The van der Waals surface area contributed by atoms with Crippen molar-refractivity contribution in [2.24, 2.45) is 0 Å². The van der Waals surface area contributed by atoms with Gasteiger partial charge < -0.3 is 0 Å². The molecular formula is C29H15ClN2O5. The fraction of sp³-hybridized carbons (Fsp3) is 0. The van der Waals surface area contributed by atoms with E-state index in [1.807, 2.05) is 0 Å². The fourth-order valence-electron chi connectivity index (χ4n) is 4.59. The van der Waals surface area contributed by atoms with Gasteiger partial charge in [0, 0.05) is 11.1 Å². The standard InChI is InChI=1S/C29H15ClN2O5/c30-23-7-3-6-22-24(23)29(37)32(28(22)36)19-14-10-17(11-15-19)25(33)16-8-12-18(13-9-16)31-26(34)20-4-1-2-5-21(20)27(31)35/h1-15H. The van der Waals surface area contributed by atoms with Crippen molar-refractivity contribution in [1.29, 1.82) is 0 Å². The van der Waals surface area contributed by atoms with E-state index >= 15 is 0 Å². The molecule has 0 saturated heterocycles. The first-order valence-electron chi connectivity index (χ1n) is 11.3. The van der Waals surface area contributed by atoms with Crippen LogP contribution in [-0.4, -0.2) is 29.4 Å². The van der Waals surface area contributed by atoms with Gasteiger partial charge in [-0.1, -0.05) is 29.8 Å². The van der Waals surface area contributed by atoms with E-state index in [0.29, 0.717) is 33.6 Å². The maximum Gasteiger partial charge on any atom is 0.267 e. The average molecular weight is 507 g/mol. The molecule has 4 aromatic rings. The number of fused-ring (bicyclic) bond motifs is 2. The van der Waals surface area contributed by atoms with Gasteiger partial charge in [-0.3, -0.25) is 24.0 Å². The Morgan fingerprint density at radius 2 is 0.946 bits per heavy atom. The summed E-state index contributed by atoms with van der Waals surface area (Å²) in [5.41, 5.74) is 2.44. The lowest BCUT2D eigenvalue weighted by Crippen LogP contribution is -2.29. The molecule has 4 amide bonds. The zero-order valence-corrected chi connectivity index (χ0v) is 19.7. The van der Waals surface area contributed by atoms with Gasteiger partial charge in [-0.2, -0.15) is 0 Å². The van der Waals surface area contributed by atoms with E-state index in [1.54, 1.807) is 66.7 Å². The molecule has 6 rings (SSSR count). The minimum atomic E-state index is -0.520. The largest absolute Gasteiger partial charge is 0.289 e. The van der Waals surface area contributed by atoms with Crippen LogP contribution in [-0.2, 0) is 0 Å². The molecule has 0 spiro atoms. The van der Waals surface area contributed by atoms with Crippen molar-refractivity contribution in [2.45, 2.75) is 0 Å². The zero-order chi connectivity index (χ0) is 25.8. The van der Waals surface area contributed by atoms with Crippen LogP contribution in [0.1, 0.15) is 57.4 Å². The predicted octanol–water partition coefficient (Wildman–Crippen LogP) is 5.17. The molecular weight excluding hydrogens is 492 g/mol. The van der Waals surface area contributed by atoms with Gasteiger partial charge in [0.25, 0.3) is 23.6 Å². The Bertz CT molecular complexity index is 1640. The fourth-order valence-corrected chi connectivity index (χ4v) is 4.85. The van der Waals surface area contributed by atoms with Crippen molar-refractivity contribution >= 4 is 52.4 Å². The van der Waals surface area contributed by atoms with Crippen LogP contribution < -0.4 is 9.80 Å². The van der Waals surface area contributed by atoms with Crippen molar-refractivity contribution in [3.8, 4) is 0 Å². The molecule has 0 bridgehead atoms. The summed E-state index contributed by atoms with van der Waals surface area (Å²) < 4.78 is 0. The van der Waals surface area contributed by atoms with Gasteiger partial charge in [-0.25, -0.2) is 9.80 Å². The molecule has 8 heteroatoms. The van der Waals surface area contributed by atoms with Crippen LogP contribution >= 0.6 is 11.6 Å². The summed E-state index contributed by atoms with van der Waals surface area (Å²) in [6, 6.07) is 23.6. The number of hydrogen-bond donors (Lipinski definition) is 0. The highest BCUT2D eigenvalue weighted by Crippen LogP contribution is 2.33. The van der Waals surface area contributed by atoms with Crippen LogP contribution in [0.15, 0.2) is 91.0 Å². The number of ketones is 1. The van der Waals surface area contributed by atoms with E-state index in [-0.39, 0.29) is 21.9 Å². The Hall–Kier alpha value is -4.88. The molecule has 2 heterocycles. The predicted molar refractivity (Wildman–Crippen MR) is 136 cm³/mol. The van der Waals surface area contributed by atoms with Gasteiger partial charge >= 0.3 is 0 Å². The van der Waals surface area contributed by atoms with Gasteiger partial charge in [-0.15, -0.1) is 0 Å². The summed E-state index contributed by atoms with van der Waals surface area (Å²) in [6.45, 7) is 0. The van der Waals surface area contributed by atoms with E-state index in [9.17, 15) is 24.0 Å². The lowest BCUT2D eigenvalue weighted by atomic mass is 10.0. The number of nitrogens with zero attached hydrogens (tertiary/aromatic N) is 2. The van der Waals surface area contributed by atoms with E-state index < -0.39 is 23.6 Å². The van der Waals surface area contributed by atoms with Crippen LogP contribution in [0.2, 0.25) is 5.02 Å². The minimum Gasteiger partial charge on any atom is -0.289 e. The van der Waals surface area contributed by atoms with Gasteiger partial charge in [0.15, 0.2) is 5.78 Å². The Morgan fingerprint density at radius 1 is 0.514 bits per heavy atom. The van der Waals surface area contributed by atoms with Crippen molar-refractivity contribution in [3.63, 3.8) is 0 Å². The second-order valence-corrected chi connectivity index (χ2v) is 8.93. The summed E-state index contributed by atoms with van der Waals surface area (Å²) in [5.74, 6) is -2.13. The SMILES string of the molecule is O=C(c1ccc(N2C(=O)c3ccccc3C2=O)cc1)c1ccc(N2C(=O)c3cccc(Cl)c3C2=O)cc1. The molecule has 4 aromatic carbocycles. The Balaban J connectivity index is 1.22. The quantitative estimate of drug-likeness (QED) is 0.281. The van der Waals surface area contributed by atoms with Crippen LogP contribution in [0.5, 0.6) is 0 Å². The van der Waals surface area contributed by atoms with Crippen molar-refractivity contribution < 1.29 is 24.0 Å². The summed E-state index contributed by atoms with van der Waals surface area (Å²) in [7, 11) is 0. The number of carbonyl (C=O) groups is 5. The van der Waals surface area contributed by atoms with E-state index in [2.05, 4.69) is 0 Å². The monoisotopic (exact) mass is 506 g/mol. The van der Waals surface area contributed by atoms with Crippen molar-refractivity contribution in [1.82, 2.24) is 0 Å². The van der Waals surface area contributed by atoms with E-state index in [4.69, 9.17) is 11.6 Å². The molecule has 2 aliphatic rings. The number of imide groups is 2. The van der Waals surface area contributed by atoms with Crippen molar-refractivity contribution in [2.75, 3.05) is 9.80 Å². The van der Waals surface area contributed by atoms with E-state index in [1.165, 1.54) is 24.3 Å². The smallest absolute Gasteiger partial charge is 0.267 e. The summed E-state index contributed by atoms with van der Waals surface area (Å²) in [5, 5.41) is 0.204. The second kappa shape index (κ2) is 8.36. The third kappa shape index (κ3) is 3.40. The highest BCUT2D eigenvalue weighted by atomic mass is 35.5. The van der Waals surface area contributed by atoms with Gasteiger partial charge in [0.1, 0.15) is 0 Å². The number of benzene rings is 4. The molecule has 0 unspecified atom stereocenters. The molecule has 0 N–H and O–H groups in total. The molecule has 37 heavy (non-hydrogen) atoms. The Morgan fingerprint density at radius 3 is 1.43 bits per heavy atom. The summed E-state index contributed by atoms with van der Waals surface area (Å²) in [4.78, 5) is 66.2. The highest BCUT2D eigenvalue weighted by molar-refractivity contribution is 6.42. The first kappa shape index (κ1) is 22.6. The third-order valence-electron chi connectivity index (χ3n) is 6.43. The topological polar surface area (TPSA) is 91.8 Å². The number of rotatable bonds is 4. The minimum absolute atomic E-state index is 0.160. The van der Waals surface area contributed by atoms with Gasteiger partial charge in [0.2, 0.25) is 0 Å². The van der Waals surface area contributed by atoms with Crippen LogP contribution in [0, 0.1) is 0 Å². The molecule has 7 nitrogen and oxygen atoms in total. The normalized spacial score (nSPS) is 14.3. The van der Waals surface area contributed by atoms with Gasteiger partial charge in [-0.05, 0) is 72.8 Å². The number of amides is 4. The average Bonchev–Trinajstić information content (AvgIpc) is 3.33. The highest BCUT2D eigenvalue weighted by Gasteiger charge is 2.38. The number of carbonyl (C=O) groups excluding carboxylic acids is 5. The van der Waals surface area contributed by atoms with Gasteiger partial charge in [0.05, 0.1) is 38.7 Å².